The molecule has 2 aromatic heterocycles. The van der Waals surface area contributed by atoms with E-state index in [1.807, 2.05) is 4.68 Å². The number of pyridine rings is 1. The van der Waals surface area contributed by atoms with Crippen molar-refractivity contribution >= 4 is 22.6 Å². The van der Waals surface area contributed by atoms with Crippen molar-refractivity contribution in [1.29, 1.82) is 0 Å². The molecule has 0 aliphatic carbocycles. The fourth-order valence-corrected chi connectivity index (χ4v) is 1.95. The average Bonchev–Trinajstić information content (AvgIpc) is 2.82. The molecule has 20 heavy (non-hydrogen) atoms. The summed E-state index contributed by atoms with van der Waals surface area (Å²) in [6.07, 6.45) is 6.59. The van der Waals surface area contributed by atoms with Crippen LogP contribution < -0.4 is 11.5 Å². The number of nitrogens with zero attached hydrogens (tertiary/aromatic N) is 3. The summed E-state index contributed by atoms with van der Waals surface area (Å²) >= 11 is 0. The monoisotopic (exact) mass is 271 g/mol. The molecule has 2 rings (SSSR count). The van der Waals surface area contributed by atoms with Crippen LogP contribution >= 0.6 is 0 Å². The molecule has 0 unspecified atom stereocenters. The number of nitrogen functional groups attached to an aromatic ring is 1. The first-order valence-electron chi connectivity index (χ1n) is 6.55. The fourth-order valence-electron chi connectivity index (χ4n) is 1.95. The molecule has 2 heterocycles. The minimum absolute atomic E-state index is 0.477. The van der Waals surface area contributed by atoms with E-state index in [0.29, 0.717) is 11.3 Å². The highest BCUT2D eigenvalue weighted by atomic mass is 16.1. The molecule has 0 radical (unpaired) electrons. The Morgan fingerprint density at radius 2 is 2.20 bits per heavy atom. The number of unbranched alkanes of at least 4 members (excludes halogenated alkanes) is 2. The maximum absolute atomic E-state index is 10.7. The maximum atomic E-state index is 10.7. The number of carbonyl (C=O) groups is 1. The number of aryl methyl sites for hydroxylation is 1. The van der Waals surface area contributed by atoms with Crippen LogP contribution in [-0.2, 0) is 11.3 Å². The molecule has 0 bridgehead atoms. The number of fused-ring (bicyclic) bond motifs is 1. The molecule has 0 atom stereocenters. The highest BCUT2D eigenvalue weighted by Crippen LogP contribution is 2.22. The van der Waals surface area contributed by atoms with E-state index in [0.717, 1.165) is 36.8 Å². The first-order chi connectivity index (χ1) is 9.63. The lowest BCUT2D eigenvalue weighted by atomic mass is 10.2. The smallest absolute Gasteiger partial charge is 0.293 e. The van der Waals surface area contributed by atoms with Gasteiger partial charge in [-0.05, 0) is 6.42 Å². The molecule has 1 amide bonds. The second kappa shape index (κ2) is 6.06. The zero-order valence-electron chi connectivity index (χ0n) is 11.4. The summed E-state index contributed by atoms with van der Waals surface area (Å²) in [4.78, 5) is 15.0. The third-order valence-electron chi connectivity index (χ3n) is 3.00. The highest BCUT2D eigenvalue weighted by Gasteiger charge is 2.09. The zero-order valence-corrected chi connectivity index (χ0v) is 11.4. The second-order valence-corrected chi connectivity index (χ2v) is 4.51. The van der Waals surface area contributed by atoms with Gasteiger partial charge < -0.3 is 11.5 Å². The Balaban J connectivity index is 2.34. The van der Waals surface area contributed by atoms with Crippen LogP contribution in [0.4, 0.5) is 5.69 Å². The van der Waals surface area contributed by atoms with Crippen molar-refractivity contribution in [2.45, 2.75) is 32.7 Å². The van der Waals surface area contributed by atoms with Gasteiger partial charge in [0.2, 0.25) is 0 Å². The van der Waals surface area contributed by atoms with Gasteiger partial charge >= 0.3 is 0 Å². The van der Waals surface area contributed by atoms with Crippen molar-refractivity contribution in [3.63, 3.8) is 0 Å². The maximum Gasteiger partial charge on any atom is 0.293 e. The van der Waals surface area contributed by atoms with E-state index in [2.05, 4.69) is 28.8 Å². The summed E-state index contributed by atoms with van der Waals surface area (Å²) in [6, 6.07) is 0. The van der Waals surface area contributed by atoms with E-state index in [1.54, 1.807) is 12.4 Å². The van der Waals surface area contributed by atoms with Crippen molar-refractivity contribution in [2.75, 3.05) is 5.73 Å². The van der Waals surface area contributed by atoms with Crippen LogP contribution in [0.2, 0.25) is 0 Å². The van der Waals surface area contributed by atoms with Gasteiger partial charge in [-0.1, -0.05) is 25.7 Å². The van der Waals surface area contributed by atoms with Gasteiger partial charge in [0.25, 0.3) is 5.91 Å². The van der Waals surface area contributed by atoms with E-state index in [9.17, 15) is 4.79 Å². The number of carbonyl (C=O) groups excluding carboxylic acids is 1. The van der Waals surface area contributed by atoms with E-state index < -0.39 is 5.91 Å². The average molecular weight is 271 g/mol. The Labute approximate surface area is 117 Å². The van der Waals surface area contributed by atoms with E-state index >= 15 is 0 Å². The summed E-state index contributed by atoms with van der Waals surface area (Å²) in [6.45, 7) is 2.97. The van der Waals surface area contributed by atoms with Gasteiger partial charge in [0.05, 0.1) is 22.8 Å². The quantitative estimate of drug-likeness (QED) is 0.641. The number of rotatable bonds is 4. The Bertz CT molecular complexity index is 693. The minimum Gasteiger partial charge on any atom is -0.397 e. The lowest BCUT2D eigenvalue weighted by molar-refractivity contribution is -0.112. The van der Waals surface area contributed by atoms with Crippen LogP contribution in [0.15, 0.2) is 12.4 Å². The number of hydrogen-bond acceptors (Lipinski definition) is 4. The normalized spacial score (nSPS) is 10.2. The third kappa shape index (κ3) is 2.88. The van der Waals surface area contributed by atoms with Gasteiger partial charge in [-0.15, -0.1) is 0 Å². The Morgan fingerprint density at radius 3 is 2.90 bits per heavy atom. The number of primary amides is 1. The van der Waals surface area contributed by atoms with Crippen molar-refractivity contribution in [2.24, 2.45) is 5.73 Å². The first kappa shape index (κ1) is 13.9. The zero-order chi connectivity index (χ0) is 14.5. The van der Waals surface area contributed by atoms with E-state index in [-0.39, 0.29) is 0 Å². The Kier molecular flexibility index (Phi) is 4.20. The van der Waals surface area contributed by atoms with Gasteiger partial charge in [-0.25, -0.2) is 9.67 Å². The van der Waals surface area contributed by atoms with Gasteiger partial charge in [0, 0.05) is 18.7 Å². The number of aromatic nitrogens is 3. The molecule has 0 saturated heterocycles. The third-order valence-corrected chi connectivity index (χ3v) is 3.00. The molecule has 6 heteroatoms. The lowest BCUT2D eigenvalue weighted by Gasteiger charge is -2.03. The summed E-state index contributed by atoms with van der Waals surface area (Å²) in [7, 11) is 0. The molecule has 0 fully saturated rings. The predicted molar refractivity (Wildman–Crippen MR) is 77.5 cm³/mol. The SMILES string of the molecule is CCCCCn1ncc2c(N)c(C#CC(N)=O)cnc21. The minimum atomic E-state index is -0.695. The largest absolute Gasteiger partial charge is 0.397 e. The molecular weight excluding hydrogens is 254 g/mol. The van der Waals surface area contributed by atoms with E-state index in [1.165, 1.54) is 0 Å². The van der Waals surface area contributed by atoms with Crippen LogP contribution in [0, 0.1) is 11.8 Å². The standard InChI is InChI=1S/C14H17N5O/c1-2-3-4-7-19-14-11(9-18-19)13(16)10(8-17-14)5-6-12(15)20/h8-9H,2-4,7H2,1H3,(H2,15,20)(H2,16,17). The van der Waals surface area contributed by atoms with Gasteiger partial charge in [-0.3, -0.25) is 4.79 Å². The molecule has 6 nitrogen and oxygen atoms in total. The lowest BCUT2D eigenvalue weighted by Crippen LogP contribution is -2.06. The molecule has 4 N–H and O–H groups in total. The second-order valence-electron chi connectivity index (χ2n) is 4.51. The molecule has 2 aromatic rings. The topological polar surface area (TPSA) is 99.8 Å². The molecule has 0 aromatic carbocycles. The Hall–Kier alpha value is -2.55. The molecule has 0 aliphatic rings. The number of nitrogens with two attached hydrogens (primary N) is 2. The van der Waals surface area contributed by atoms with Crippen LogP contribution in [0.5, 0.6) is 0 Å². The van der Waals surface area contributed by atoms with E-state index in [4.69, 9.17) is 11.5 Å². The summed E-state index contributed by atoms with van der Waals surface area (Å²) in [5, 5.41) is 5.05. The van der Waals surface area contributed by atoms with Gasteiger partial charge in [0.1, 0.15) is 0 Å². The molecule has 0 aliphatic heterocycles. The highest BCUT2D eigenvalue weighted by molar-refractivity contribution is 5.95. The first-order valence-corrected chi connectivity index (χ1v) is 6.55. The van der Waals surface area contributed by atoms with Crippen molar-refractivity contribution in [3.05, 3.63) is 18.0 Å². The van der Waals surface area contributed by atoms with Crippen LogP contribution in [-0.4, -0.2) is 20.7 Å². The molecular formula is C14H17N5O. The van der Waals surface area contributed by atoms with Crippen molar-refractivity contribution in [1.82, 2.24) is 14.8 Å². The van der Waals surface area contributed by atoms with Crippen LogP contribution in [0.1, 0.15) is 31.7 Å². The number of anilines is 1. The number of hydrogen-bond donors (Lipinski definition) is 2. The van der Waals surface area contributed by atoms with Crippen molar-refractivity contribution < 1.29 is 4.79 Å². The molecule has 104 valence electrons. The number of amides is 1. The van der Waals surface area contributed by atoms with Crippen molar-refractivity contribution in [3.8, 4) is 11.8 Å². The summed E-state index contributed by atoms with van der Waals surface area (Å²) < 4.78 is 1.84. The van der Waals surface area contributed by atoms with Crippen LogP contribution in [0.3, 0.4) is 0 Å². The summed E-state index contributed by atoms with van der Waals surface area (Å²) in [5.74, 6) is 4.18. The predicted octanol–water partition coefficient (Wildman–Crippen LogP) is 1.04. The Morgan fingerprint density at radius 1 is 1.40 bits per heavy atom. The van der Waals surface area contributed by atoms with Gasteiger partial charge in [0.15, 0.2) is 5.65 Å². The van der Waals surface area contributed by atoms with Gasteiger partial charge in [-0.2, -0.15) is 5.10 Å². The van der Waals surface area contributed by atoms with Crippen LogP contribution in [0.25, 0.3) is 11.0 Å². The molecule has 0 saturated carbocycles. The molecule has 0 spiro atoms. The fraction of sp³-hybridized carbons (Fsp3) is 0.357. The summed E-state index contributed by atoms with van der Waals surface area (Å²) in [5.41, 5.74) is 12.7.